The molecule has 1 aromatic rings. The number of nitrogens with zero attached hydrogens (tertiary/aromatic N) is 3. The van der Waals surface area contributed by atoms with Crippen LogP contribution in [0.1, 0.15) is 24.8 Å². The van der Waals surface area contributed by atoms with E-state index in [1.807, 2.05) is 0 Å². The van der Waals surface area contributed by atoms with Gasteiger partial charge in [-0.05, 0) is 18.6 Å². The number of carbonyl (C=O) groups excluding carboxylic acids is 1. The summed E-state index contributed by atoms with van der Waals surface area (Å²) in [5.41, 5.74) is -1.65. The van der Waals surface area contributed by atoms with Gasteiger partial charge in [-0.15, -0.1) is 0 Å². The van der Waals surface area contributed by atoms with Crippen LogP contribution in [0, 0.1) is 10.1 Å². The maximum Gasteiger partial charge on any atom is 0.416 e. The zero-order valence-corrected chi connectivity index (χ0v) is 14.2. The number of nitro benzene ring substituents is 1. The minimum absolute atomic E-state index is 0.0750. The van der Waals surface area contributed by atoms with Crippen LogP contribution in [-0.2, 0) is 15.8 Å². The molecule has 11 heteroatoms. The summed E-state index contributed by atoms with van der Waals surface area (Å²) < 4.78 is 38.3. The van der Waals surface area contributed by atoms with Crippen molar-refractivity contribution in [1.82, 2.24) is 4.90 Å². The first kappa shape index (κ1) is 20.5. The van der Waals surface area contributed by atoms with Crippen molar-refractivity contribution in [3.05, 3.63) is 33.9 Å². The van der Waals surface area contributed by atoms with E-state index in [9.17, 15) is 32.9 Å². The highest BCUT2D eigenvalue weighted by Gasteiger charge is 2.34. The van der Waals surface area contributed by atoms with Gasteiger partial charge in [0.25, 0.3) is 5.69 Å². The van der Waals surface area contributed by atoms with Gasteiger partial charge in [-0.2, -0.15) is 13.2 Å². The average Bonchev–Trinajstić information content (AvgIpc) is 2.60. The molecular formula is C16H18F3N3O5. The quantitative estimate of drug-likeness (QED) is 0.592. The lowest BCUT2D eigenvalue weighted by Crippen LogP contribution is -2.48. The standard InChI is InChI=1S/C16H18F3N3O5/c17-16(18,19)11-4-5-12(13(10-11)22(26)27)20-6-8-21(9-7-20)14(23)2-1-3-15(24)25/h4-5,10H,1-3,6-9H2,(H,24,25). The largest absolute Gasteiger partial charge is 0.481 e. The molecule has 1 amide bonds. The van der Waals surface area contributed by atoms with Crippen LogP contribution in [0.4, 0.5) is 24.5 Å². The average molecular weight is 389 g/mol. The van der Waals surface area contributed by atoms with E-state index in [1.165, 1.54) is 4.90 Å². The van der Waals surface area contributed by atoms with Gasteiger partial charge in [0.1, 0.15) is 5.69 Å². The topological polar surface area (TPSA) is 104 Å². The van der Waals surface area contributed by atoms with Crippen molar-refractivity contribution in [1.29, 1.82) is 0 Å². The second-order valence-corrected chi connectivity index (χ2v) is 6.07. The molecule has 1 aliphatic heterocycles. The predicted molar refractivity (Wildman–Crippen MR) is 88.4 cm³/mol. The highest BCUT2D eigenvalue weighted by atomic mass is 19.4. The Morgan fingerprint density at radius 3 is 2.30 bits per heavy atom. The highest BCUT2D eigenvalue weighted by Crippen LogP contribution is 2.36. The van der Waals surface area contributed by atoms with Gasteiger partial charge >= 0.3 is 12.1 Å². The third-order valence-electron chi connectivity index (χ3n) is 4.25. The Morgan fingerprint density at radius 2 is 1.78 bits per heavy atom. The van der Waals surface area contributed by atoms with Gasteiger partial charge in [-0.3, -0.25) is 19.7 Å². The minimum Gasteiger partial charge on any atom is -0.481 e. The van der Waals surface area contributed by atoms with Gasteiger partial charge in [0.05, 0.1) is 10.5 Å². The lowest BCUT2D eigenvalue weighted by Gasteiger charge is -2.36. The molecule has 1 heterocycles. The molecule has 0 unspecified atom stereocenters. The summed E-state index contributed by atoms with van der Waals surface area (Å²) in [5.74, 6) is -1.19. The Kier molecular flexibility index (Phi) is 6.24. The molecule has 0 saturated carbocycles. The van der Waals surface area contributed by atoms with Crippen molar-refractivity contribution < 1.29 is 32.8 Å². The van der Waals surface area contributed by atoms with Crippen LogP contribution in [0.3, 0.4) is 0 Å². The molecule has 8 nitrogen and oxygen atoms in total. The Balaban J connectivity index is 2.04. The van der Waals surface area contributed by atoms with Gasteiger partial charge in [0.2, 0.25) is 5.91 Å². The number of anilines is 1. The number of hydrogen-bond donors (Lipinski definition) is 1. The van der Waals surface area contributed by atoms with Gasteiger partial charge in [-0.1, -0.05) is 0 Å². The Labute approximate surface area is 152 Å². The van der Waals surface area contributed by atoms with E-state index < -0.39 is 28.3 Å². The number of benzene rings is 1. The first-order valence-corrected chi connectivity index (χ1v) is 8.19. The second kappa shape index (κ2) is 8.23. The molecule has 0 bridgehead atoms. The molecule has 1 saturated heterocycles. The number of hydrogen-bond acceptors (Lipinski definition) is 5. The lowest BCUT2D eigenvalue weighted by atomic mass is 10.1. The lowest BCUT2D eigenvalue weighted by molar-refractivity contribution is -0.384. The van der Waals surface area contributed by atoms with Crippen LogP contribution in [0.25, 0.3) is 0 Å². The van der Waals surface area contributed by atoms with Crippen molar-refractivity contribution >= 4 is 23.3 Å². The zero-order chi connectivity index (χ0) is 20.2. The molecule has 148 valence electrons. The molecule has 2 rings (SSSR count). The first-order valence-electron chi connectivity index (χ1n) is 8.19. The highest BCUT2D eigenvalue weighted by molar-refractivity contribution is 5.77. The molecule has 0 atom stereocenters. The van der Waals surface area contributed by atoms with Gasteiger partial charge in [-0.25, -0.2) is 0 Å². The van der Waals surface area contributed by atoms with E-state index in [0.717, 1.165) is 12.1 Å². The van der Waals surface area contributed by atoms with Crippen molar-refractivity contribution in [3.63, 3.8) is 0 Å². The Bertz CT molecular complexity index is 731. The fourth-order valence-corrected chi connectivity index (χ4v) is 2.86. The van der Waals surface area contributed by atoms with E-state index >= 15 is 0 Å². The number of aliphatic carboxylic acids is 1. The van der Waals surface area contributed by atoms with Crippen LogP contribution in [0.5, 0.6) is 0 Å². The molecule has 0 aromatic heterocycles. The molecular weight excluding hydrogens is 371 g/mol. The number of piperazine rings is 1. The molecule has 1 aromatic carbocycles. The van der Waals surface area contributed by atoms with Gasteiger partial charge < -0.3 is 14.9 Å². The summed E-state index contributed by atoms with van der Waals surface area (Å²) >= 11 is 0. The SMILES string of the molecule is O=C(O)CCCC(=O)N1CCN(c2ccc(C(F)(F)F)cc2[N+](=O)[O-])CC1. The Morgan fingerprint density at radius 1 is 1.15 bits per heavy atom. The summed E-state index contributed by atoms with van der Waals surface area (Å²) in [4.78, 5) is 35.9. The third-order valence-corrected chi connectivity index (χ3v) is 4.25. The smallest absolute Gasteiger partial charge is 0.416 e. The number of carboxylic acid groups (broad SMARTS) is 1. The van der Waals surface area contributed by atoms with Crippen LogP contribution in [0.2, 0.25) is 0 Å². The van der Waals surface area contributed by atoms with E-state index in [1.54, 1.807) is 4.90 Å². The van der Waals surface area contributed by atoms with E-state index in [-0.39, 0.29) is 57.0 Å². The number of amides is 1. The fraction of sp³-hybridized carbons (Fsp3) is 0.500. The third kappa shape index (κ3) is 5.31. The molecule has 1 fully saturated rings. The predicted octanol–water partition coefficient (Wildman–Crippen LogP) is 2.52. The van der Waals surface area contributed by atoms with Gasteiger partial charge in [0, 0.05) is 45.1 Å². The monoisotopic (exact) mass is 389 g/mol. The fourth-order valence-electron chi connectivity index (χ4n) is 2.86. The maximum absolute atomic E-state index is 12.8. The summed E-state index contributed by atoms with van der Waals surface area (Å²) in [6, 6.07) is 2.38. The van der Waals surface area contributed by atoms with Crippen molar-refractivity contribution in [2.24, 2.45) is 0 Å². The molecule has 0 aliphatic carbocycles. The van der Waals surface area contributed by atoms with Crippen molar-refractivity contribution in [2.45, 2.75) is 25.4 Å². The van der Waals surface area contributed by atoms with Crippen LogP contribution >= 0.6 is 0 Å². The second-order valence-electron chi connectivity index (χ2n) is 6.07. The first-order chi connectivity index (χ1) is 12.6. The van der Waals surface area contributed by atoms with E-state index in [4.69, 9.17) is 5.11 Å². The molecule has 0 spiro atoms. The number of halogens is 3. The zero-order valence-electron chi connectivity index (χ0n) is 14.2. The summed E-state index contributed by atoms with van der Waals surface area (Å²) in [7, 11) is 0. The van der Waals surface area contributed by atoms with Crippen LogP contribution < -0.4 is 4.90 Å². The number of carbonyl (C=O) groups is 2. The number of carboxylic acids is 1. The summed E-state index contributed by atoms with van der Waals surface area (Å²) in [5, 5.41) is 19.8. The molecule has 27 heavy (non-hydrogen) atoms. The molecule has 1 N–H and O–H groups in total. The molecule has 0 radical (unpaired) electrons. The summed E-state index contributed by atoms with van der Waals surface area (Å²) in [6.07, 6.45) is -4.47. The summed E-state index contributed by atoms with van der Waals surface area (Å²) in [6.45, 7) is 0.974. The molecule has 1 aliphatic rings. The number of nitro groups is 1. The van der Waals surface area contributed by atoms with Gasteiger partial charge in [0.15, 0.2) is 0 Å². The number of rotatable bonds is 6. The minimum atomic E-state index is -4.68. The van der Waals surface area contributed by atoms with E-state index in [2.05, 4.69) is 0 Å². The number of alkyl halides is 3. The normalized spacial score (nSPS) is 14.9. The van der Waals surface area contributed by atoms with Crippen molar-refractivity contribution in [3.8, 4) is 0 Å². The maximum atomic E-state index is 12.8. The van der Waals surface area contributed by atoms with E-state index in [0.29, 0.717) is 6.07 Å². The Hall–Kier alpha value is -2.85. The van der Waals surface area contributed by atoms with Crippen LogP contribution in [-0.4, -0.2) is 53.0 Å². The van der Waals surface area contributed by atoms with Crippen LogP contribution in [0.15, 0.2) is 18.2 Å². The van der Waals surface area contributed by atoms with Crippen molar-refractivity contribution in [2.75, 3.05) is 31.1 Å².